The van der Waals surface area contributed by atoms with Crippen molar-refractivity contribution < 1.29 is 30.5 Å². The minimum atomic E-state index is -3.52. The zero-order chi connectivity index (χ0) is 24.0. The number of hydrogen-bond acceptors (Lipinski definition) is 8. The normalized spacial score (nSPS) is 17.5. The largest absolute Gasteiger partial charge is 1.00 e. The lowest BCUT2D eigenvalue weighted by molar-refractivity contribution is -0.383. The lowest BCUT2D eigenvalue weighted by Gasteiger charge is -2.35. The number of hydrogen-bond donors (Lipinski definition) is 1. The lowest BCUT2D eigenvalue weighted by Crippen LogP contribution is -3.00. The molecule has 0 saturated carbocycles. The van der Waals surface area contributed by atoms with Crippen molar-refractivity contribution in [2.45, 2.75) is 11.3 Å². The minimum Gasteiger partial charge on any atom is -1.00 e. The van der Waals surface area contributed by atoms with Crippen LogP contribution in [0.15, 0.2) is 53.4 Å². The van der Waals surface area contributed by atoms with Gasteiger partial charge in [0.1, 0.15) is 5.69 Å². The number of sulfonamides is 1. The molecule has 192 valence electrons. The molecule has 4 rings (SSSR count). The van der Waals surface area contributed by atoms with Gasteiger partial charge in [0.25, 0.3) is 5.69 Å². The molecule has 0 bridgehead atoms. The van der Waals surface area contributed by atoms with Crippen LogP contribution in [0.25, 0.3) is 0 Å². The van der Waals surface area contributed by atoms with Crippen LogP contribution >= 0.6 is 0 Å². The maximum absolute atomic E-state index is 12.9. The third-order valence-electron chi connectivity index (χ3n) is 6.23. The highest BCUT2D eigenvalue weighted by atomic mass is 35.5. The van der Waals surface area contributed by atoms with E-state index in [1.807, 2.05) is 0 Å². The predicted octanol–water partition coefficient (Wildman–Crippen LogP) is -0.756. The molecule has 10 nitrogen and oxygen atoms in total. The van der Waals surface area contributed by atoms with Gasteiger partial charge >= 0.3 is 0 Å². The Kier molecular flexibility index (Phi) is 9.70. The third kappa shape index (κ3) is 6.83. The Labute approximate surface area is 212 Å². The van der Waals surface area contributed by atoms with E-state index < -0.39 is 10.0 Å². The van der Waals surface area contributed by atoms with Crippen molar-refractivity contribution >= 4 is 27.1 Å². The molecule has 0 spiro atoms. The number of piperazine rings is 1. The van der Waals surface area contributed by atoms with E-state index in [0.717, 1.165) is 45.0 Å². The van der Waals surface area contributed by atoms with Crippen LogP contribution < -0.4 is 22.6 Å². The van der Waals surface area contributed by atoms with Crippen LogP contribution in [-0.2, 0) is 14.8 Å². The Balaban J connectivity index is 0.00000342. The van der Waals surface area contributed by atoms with Crippen molar-refractivity contribution in [3.63, 3.8) is 0 Å². The molecule has 2 aliphatic heterocycles. The molecular weight excluding hydrogens is 494 g/mol. The maximum Gasteiger partial charge on any atom is 0.292 e. The Hall–Kier alpha value is -2.44. The molecule has 0 atom stereocenters. The molecule has 2 aliphatic rings. The van der Waals surface area contributed by atoms with Crippen molar-refractivity contribution in [3.05, 3.63) is 58.6 Å². The van der Waals surface area contributed by atoms with Gasteiger partial charge in [-0.05, 0) is 37.2 Å². The fourth-order valence-electron chi connectivity index (χ4n) is 4.30. The average molecular weight is 525 g/mol. The van der Waals surface area contributed by atoms with E-state index in [2.05, 4.69) is 15.1 Å². The van der Waals surface area contributed by atoms with Gasteiger partial charge < -0.3 is 27.4 Å². The van der Waals surface area contributed by atoms with Gasteiger partial charge in [0.05, 0.1) is 23.0 Å². The predicted molar refractivity (Wildman–Crippen MR) is 131 cm³/mol. The number of halogens is 1. The van der Waals surface area contributed by atoms with E-state index in [9.17, 15) is 18.5 Å². The highest BCUT2D eigenvalue weighted by Crippen LogP contribution is 2.30. The molecule has 0 unspecified atom stereocenters. The second kappa shape index (κ2) is 12.5. The molecule has 0 amide bonds. The summed E-state index contributed by atoms with van der Waals surface area (Å²) < 4.78 is 32.6. The van der Waals surface area contributed by atoms with Crippen LogP contribution in [0.4, 0.5) is 17.1 Å². The smallest absolute Gasteiger partial charge is 0.292 e. The van der Waals surface area contributed by atoms with Crippen molar-refractivity contribution in [1.29, 1.82) is 0 Å². The number of rotatable bonds is 9. The Bertz CT molecular complexity index is 1070. The first-order valence-electron chi connectivity index (χ1n) is 11.6. The monoisotopic (exact) mass is 524 g/mol. The molecule has 0 aromatic heterocycles. The van der Waals surface area contributed by atoms with Crippen LogP contribution in [0.3, 0.4) is 0 Å². The second-order valence-corrected chi connectivity index (χ2v) is 10.3. The second-order valence-electron chi connectivity index (χ2n) is 8.40. The fraction of sp³-hybridized carbons (Fsp3) is 0.478. The first-order chi connectivity index (χ1) is 16.4. The van der Waals surface area contributed by atoms with E-state index in [4.69, 9.17) is 4.74 Å². The number of nitro benzene ring substituents is 1. The number of morpholine rings is 1. The molecule has 12 heteroatoms. The summed E-state index contributed by atoms with van der Waals surface area (Å²) in [4.78, 5) is 15.9. The zero-order valence-electron chi connectivity index (χ0n) is 19.5. The highest BCUT2D eigenvalue weighted by Gasteiger charge is 2.29. The average Bonchev–Trinajstić information content (AvgIpc) is 2.87. The van der Waals surface area contributed by atoms with Gasteiger partial charge in [0, 0.05) is 57.6 Å². The number of nitro groups is 1. The van der Waals surface area contributed by atoms with Gasteiger partial charge in [-0.1, -0.05) is 18.2 Å². The molecular formula is C23H31ClN5O5S-. The minimum absolute atomic E-state index is 0. The van der Waals surface area contributed by atoms with Gasteiger partial charge in [-0.3, -0.25) is 15.0 Å². The number of nitrogens with zero attached hydrogens (tertiary/aromatic N) is 4. The van der Waals surface area contributed by atoms with Crippen LogP contribution in [-0.4, -0.2) is 88.1 Å². The van der Waals surface area contributed by atoms with Gasteiger partial charge in [-0.15, -0.1) is 0 Å². The molecule has 0 aliphatic carbocycles. The summed E-state index contributed by atoms with van der Waals surface area (Å²) in [7, 11) is -3.52. The molecule has 1 N–H and O–H groups in total. The number of nitrogens with one attached hydrogen (secondary N) is 1. The summed E-state index contributed by atoms with van der Waals surface area (Å²) in [6.07, 6.45) is 0.872. The van der Waals surface area contributed by atoms with E-state index in [1.165, 1.54) is 10.4 Å². The van der Waals surface area contributed by atoms with E-state index in [-0.39, 0.29) is 23.0 Å². The quantitative estimate of drug-likeness (QED) is 0.259. The summed E-state index contributed by atoms with van der Waals surface area (Å²) in [5, 5.41) is 14.8. The van der Waals surface area contributed by atoms with Crippen LogP contribution in [0.5, 0.6) is 0 Å². The number of benzene rings is 2. The zero-order valence-corrected chi connectivity index (χ0v) is 21.1. The van der Waals surface area contributed by atoms with E-state index >= 15 is 0 Å². The standard InChI is InChI=1S/C23H31N5O5S.ClH/c29-28(30)23-8-7-20(19-22(23)24-9-4-10-25-15-17-33-18-16-25)26-11-13-27(14-12-26)34(31,32)21-5-2-1-3-6-21;/h1-3,5-8,19,24H,4,9-18H2;1H/p-1. The topological polar surface area (TPSA) is 108 Å². The molecule has 2 fully saturated rings. The van der Waals surface area contributed by atoms with Crippen molar-refractivity contribution in [1.82, 2.24) is 9.21 Å². The van der Waals surface area contributed by atoms with Gasteiger partial charge in [0.2, 0.25) is 10.0 Å². The Morgan fingerprint density at radius 2 is 1.66 bits per heavy atom. The SMILES string of the molecule is O=[N+]([O-])c1ccc(N2CCN(S(=O)(=O)c3ccccc3)CC2)cc1NCCCN1CCOCC1.[Cl-]. The number of ether oxygens (including phenoxy) is 1. The van der Waals surface area contributed by atoms with Crippen molar-refractivity contribution in [3.8, 4) is 0 Å². The molecule has 35 heavy (non-hydrogen) atoms. The van der Waals surface area contributed by atoms with Crippen LogP contribution in [0, 0.1) is 10.1 Å². The summed E-state index contributed by atoms with van der Waals surface area (Å²) >= 11 is 0. The maximum atomic E-state index is 12.9. The molecule has 2 saturated heterocycles. The lowest BCUT2D eigenvalue weighted by atomic mass is 10.2. The summed E-state index contributed by atoms with van der Waals surface area (Å²) in [6.45, 7) is 6.63. The van der Waals surface area contributed by atoms with Gasteiger partial charge in [0.15, 0.2) is 0 Å². The first-order valence-corrected chi connectivity index (χ1v) is 13.0. The summed E-state index contributed by atoms with van der Waals surface area (Å²) in [5.41, 5.74) is 1.38. The fourth-order valence-corrected chi connectivity index (χ4v) is 5.74. The van der Waals surface area contributed by atoms with Gasteiger partial charge in [-0.25, -0.2) is 8.42 Å². The summed E-state index contributed by atoms with van der Waals surface area (Å²) in [6, 6.07) is 13.5. The van der Waals surface area contributed by atoms with Gasteiger partial charge in [-0.2, -0.15) is 4.31 Å². The molecule has 2 heterocycles. The Morgan fingerprint density at radius 1 is 0.971 bits per heavy atom. The molecule has 0 radical (unpaired) electrons. The first kappa shape index (κ1) is 27.2. The van der Waals surface area contributed by atoms with E-state index in [0.29, 0.717) is 43.3 Å². The van der Waals surface area contributed by atoms with Crippen LogP contribution in [0.2, 0.25) is 0 Å². The summed E-state index contributed by atoms with van der Waals surface area (Å²) in [5.74, 6) is 0. The van der Waals surface area contributed by atoms with Crippen molar-refractivity contribution in [2.75, 3.05) is 75.8 Å². The third-order valence-corrected chi connectivity index (χ3v) is 8.14. The van der Waals surface area contributed by atoms with Crippen LogP contribution in [0.1, 0.15) is 6.42 Å². The Morgan fingerprint density at radius 3 is 2.31 bits per heavy atom. The molecule has 2 aromatic rings. The molecule has 2 aromatic carbocycles. The van der Waals surface area contributed by atoms with E-state index in [1.54, 1.807) is 42.5 Å². The highest BCUT2D eigenvalue weighted by molar-refractivity contribution is 7.89. The number of anilines is 2. The van der Waals surface area contributed by atoms with Crippen molar-refractivity contribution in [2.24, 2.45) is 0 Å².